The Labute approximate surface area is 349 Å². The van der Waals surface area contributed by atoms with E-state index in [0.717, 1.165) is 37.5 Å². The molecule has 0 aromatic heterocycles. The van der Waals surface area contributed by atoms with Crippen LogP contribution in [0.15, 0.2) is 115 Å². The van der Waals surface area contributed by atoms with E-state index in [1.165, 1.54) is 69.2 Å². The molecule has 0 unspecified atom stereocenters. The molecule has 0 spiro atoms. The number of halogens is 3. The Kier molecular flexibility index (Phi) is 20.3. The summed E-state index contributed by atoms with van der Waals surface area (Å²) >= 11 is 0. The molecule has 0 saturated heterocycles. The molecule has 4 rings (SSSR count). The van der Waals surface area contributed by atoms with E-state index in [2.05, 4.69) is 24.1 Å². The van der Waals surface area contributed by atoms with Crippen molar-refractivity contribution in [1.82, 2.24) is 5.32 Å². The molecule has 0 aliphatic carbocycles. The minimum atomic E-state index is -5.15. The molecule has 10 heteroatoms. The highest BCUT2D eigenvalue weighted by Crippen LogP contribution is 2.42. The lowest BCUT2D eigenvalue weighted by atomic mass is 9.90. The summed E-state index contributed by atoms with van der Waals surface area (Å²) in [5.41, 5.74) is -2.05. The van der Waals surface area contributed by atoms with Crippen molar-refractivity contribution in [1.29, 1.82) is 0 Å². The number of nitrogens with one attached hydrogen (secondary N) is 1. The minimum Gasteiger partial charge on any atom is -0.497 e. The van der Waals surface area contributed by atoms with Crippen molar-refractivity contribution in [2.75, 3.05) is 20.8 Å². The predicted molar refractivity (Wildman–Crippen MR) is 226 cm³/mol. The number of hydrogen-bond acceptors (Lipinski definition) is 6. The van der Waals surface area contributed by atoms with Crippen LogP contribution in [0.5, 0.6) is 11.5 Å². The van der Waals surface area contributed by atoms with Gasteiger partial charge < -0.3 is 29.0 Å². The monoisotopic (exact) mass is 815 g/mol. The Bertz CT molecular complexity index is 1800. The van der Waals surface area contributed by atoms with Gasteiger partial charge >= 0.3 is 6.18 Å². The van der Waals surface area contributed by atoms with Gasteiger partial charge in [-0.1, -0.05) is 162 Å². The summed E-state index contributed by atoms with van der Waals surface area (Å²) in [4.78, 5) is 14.3. The SMILES string of the molecule is CCCCCCCCCCCCC#C[C@@H](OCc1ccccc1)[C@@H](OCc1ccccc1)[C@H](COc1ccc(OC)cc1)NC(=O)[C@](OC)(c1ccccc1)C(F)(F)F. The van der Waals surface area contributed by atoms with Crippen molar-refractivity contribution in [3.8, 4) is 23.3 Å². The first-order chi connectivity index (χ1) is 28.7. The second kappa shape index (κ2) is 25.6. The van der Waals surface area contributed by atoms with Gasteiger partial charge in [-0.25, -0.2) is 0 Å². The summed E-state index contributed by atoms with van der Waals surface area (Å²) in [5, 5.41) is 2.66. The molecule has 7 nitrogen and oxygen atoms in total. The maximum atomic E-state index is 15.2. The molecule has 318 valence electrons. The number of amides is 1. The fourth-order valence-corrected chi connectivity index (χ4v) is 6.80. The van der Waals surface area contributed by atoms with Crippen LogP contribution >= 0.6 is 0 Å². The van der Waals surface area contributed by atoms with Crippen molar-refractivity contribution in [2.45, 2.75) is 121 Å². The number of alkyl halides is 3. The molecule has 0 aliphatic rings. The molecule has 0 radical (unpaired) electrons. The molecule has 1 N–H and O–H groups in total. The average Bonchev–Trinajstić information content (AvgIpc) is 3.25. The van der Waals surface area contributed by atoms with E-state index in [9.17, 15) is 4.79 Å². The van der Waals surface area contributed by atoms with Crippen LogP contribution in [-0.2, 0) is 37.8 Å². The number of methoxy groups -OCH3 is 2. The third-order valence-electron chi connectivity index (χ3n) is 10.2. The van der Waals surface area contributed by atoms with Crippen LogP contribution in [0, 0.1) is 11.8 Å². The Balaban J connectivity index is 1.68. The van der Waals surface area contributed by atoms with Crippen molar-refractivity contribution in [3.05, 3.63) is 132 Å². The molecule has 59 heavy (non-hydrogen) atoms. The van der Waals surface area contributed by atoms with Gasteiger partial charge in [0.1, 0.15) is 30.3 Å². The first kappa shape index (κ1) is 46.9. The number of hydrogen-bond donors (Lipinski definition) is 1. The van der Waals surface area contributed by atoms with E-state index in [-0.39, 0.29) is 25.4 Å². The van der Waals surface area contributed by atoms with Crippen molar-refractivity contribution in [2.24, 2.45) is 0 Å². The molecule has 0 aliphatic heterocycles. The average molecular weight is 816 g/mol. The number of ether oxygens (including phenoxy) is 5. The molecular formula is C49H60F3NO6. The van der Waals surface area contributed by atoms with Crippen molar-refractivity contribution >= 4 is 5.91 Å². The molecule has 0 heterocycles. The van der Waals surface area contributed by atoms with Crippen LogP contribution in [0.2, 0.25) is 0 Å². The van der Waals surface area contributed by atoms with E-state index in [0.29, 0.717) is 17.9 Å². The Morgan fingerprint density at radius 2 is 1.17 bits per heavy atom. The van der Waals surface area contributed by atoms with E-state index in [4.69, 9.17) is 23.7 Å². The largest absolute Gasteiger partial charge is 0.497 e. The van der Waals surface area contributed by atoms with Crippen LogP contribution < -0.4 is 14.8 Å². The van der Waals surface area contributed by atoms with Crippen LogP contribution in [-0.4, -0.2) is 51.2 Å². The summed E-state index contributed by atoms with van der Waals surface area (Å²) in [6.45, 7) is 2.12. The normalized spacial score (nSPS) is 13.9. The van der Waals surface area contributed by atoms with Gasteiger partial charge in [0.05, 0.1) is 26.4 Å². The summed E-state index contributed by atoms with van der Waals surface area (Å²) in [5.74, 6) is 6.11. The molecule has 0 bridgehead atoms. The Morgan fingerprint density at radius 3 is 1.69 bits per heavy atom. The van der Waals surface area contributed by atoms with Crippen LogP contribution in [0.4, 0.5) is 13.2 Å². The van der Waals surface area contributed by atoms with Crippen molar-refractivity contribution < 1.29 is 41.7 Å². The van der Waals surface area contributed by atoms with Gasteiger partial charge in [-0.05, 0) is 41.8 Å². The fourth-order valence-electron chi connectivity index (χ4n) is 6.80. The first-order valence-corrected chi connectivity index (χ1v) is 20.8. The first-order valence-electron chi connectivity index (χ1n) is 20.8. The van der Waals surface area contributed by atoms with Crippen LogP contribution in [0.25, 0.3) is 0 Å². The quantitative estimate of drug-likeness (QED) is 0.0503. The number of unbranched alkanes of at least 4 members (excludes halogenated alkanes) is 10. The molecular weight excluding hydrogens is 756 g/mol. The highest BCUT2D eigenvalue weighted by molar-refractivity contribution is 5.88. The van der Waals surface area contributed by atoms with Gasteiger partial charge in [-0.3, -0.25) is 4.79 Å². The second-order valence-corrected chi connectivity index (χ2v) is 14.5. The molecule has 0 fully saturated rings. The lowest BCUT2D eigenvalue weighted by Crippen LogP contribution is -2.61. The molecule has 4 aromatic rings. The van der Waals surface area contributed by atoms with Crippen molar-refractivity contribution in [3.63, 3.8) is 0 Å². The zero-order valence-corrected chi connectivity index (χ0v) is 34.7. The maximum Gasteiger partial charge on any atom is 0.430 e. The van der Waals surface area contributed by atoms with Crippen LogP contribution in [0.3, 0.4) is 0 Å². The Hall–Kier alpha value is -4.82. The number of carbonyl (C=O) groups is 1. The molecule has 4 aromatic carbocycles. The summed E-state index contributed by atoms with van der Waals surface area (Å²) < 4.78 is 75.4. The van der Waals surface area contributed by atoms with E-state index in [1.54, 1.807) is 37.4 Å². The smallest absolute Gasteiger partial charge is 0.430 e. The molecule has 4 atom stereocenters. The van der Waals surface area contributed by atoms with Gasteiger partial charge in [-0.15, -0.1) is 5.92 Å². The van der Waals surface area contributed by atoms with Gasteiger partial charge in [0.15, 0.2) is 0 Å². The zero-order chi connectivity index (χ0) is 42.2. The lowest BCUT2D eigenvalue weighted by Gasteiger charge is -2.37. The van der Waals surface area contributed by atoms with Crippen LogP contribution in [0.1, 0.15) is 94.2 Å². The Morgan fingerprint density at radius 1 is 0.661 bits per heavy atom. The zero-order valence-electron chi connectivity index (χ0n) is 34.7. The maximum absolute atomic E-state index is 15.2. The standard InChI is InChI=1S/C49H60F3NO6/c1-4-5-6-7-8-9-10-11-12-13-14-24-31-45(58-36-39-25-18-15-19-26-39)46(59-37-40-27-20-16-21-28-40)44(38-57-43-34-32-42(55-2)33-35-43)53-47(54)48(56-3,49(50,51)52)41-29-22-17-23-30-41/h15-23,25-30,32-35,44-46H,4-14,36-38H2,1-3H3,(H,53,54)/t44-,45+,46-,48+/m0/s1. The predicted octanol–water partition coefficient (Wildman–Crippen LogP) is 11.1. The van der Waals surface area contributed by atoms with E-state index in [1.807, 2.05) is 60.7 Å². The van der Waals surface area contributed by atoms with E-state index < -0.39 is 35.9 Å². The van der Waals surface area contributed by atoms with Gasteiger partial charge in [0.25, 0.3) is 11.5 Å². The highest BCUT2D eigenvalue weighted by Gasteiger charge is 2.63. The summed E-state index contributed by atoms with van der Waals surface area (Å²) in [6, 6.07) is 31.3. The van der Waals surface area contributed by atoms with Gasteiger partial charge in [0.2, 0.25) is 0 Å². The number of benzene rings is 4. The summed E-state index contributed by atoms with van der Waals surface area (Å²) in [7, 11) is 2.41. The fraction of sp³-hybridized carbons (Fsp3) is 0.449. The lowest BCUT2D eigenvalue weighted by molar-refractivity contribution is -0.266. The van der Waals surface area contributed by atoms with Gasteiger partial charge in [-0.2, -0.15) is 13.2 Å². The highest BCUT2D eigenvalue weighted by atomic mass is 19.4. The topological polar surface area (TPSA) is 75.3 Å². The number of rotatable bonds is 26. The summed E-state index contributed by atoms with van der Waals surface area (Å²) in [6.07, 6.45) is 5.24. The minimum absolute atomic E-state index is 0.0547. The third-order valence-corrected chi connectivity index (χ3v) is 10.2. The third kappa shape index (κ3) is 15.1. The second-order valence-electron chi connectivity index (χ2n) is 14.5. The molecule has 1 amide bonds. The van der Waals surface area contributed by atoms with E-state index >= 15 is 13.2 Å². The molecule has 0 saturated carbocycles. The number of carbonyl (C=O) groups excluding carboxylic acids is 1. The van der Waals surface area contributed by atoms with Gasteiger partial charge in [0, 0.05) is 19.1 Å².